The van der Waals surface area contributed by atoms with Gasteiger partial charge in [-0.15, -0.1) is 0 Å². The van der Waals surface area contributed by atoms with Gasteiger partial charge in [-0.1, -0.05) is 0 Å². The van der Waals surface area contributed by atoms with Crippen LogP contribution in [-0.2, 0) is 0 Å². The molecule has 1 saturated heterocycles. The first-order valence-electron chi connectivity index (χ1n) is 5.19. The van der Waals surface area contributed by atoms with Crippen LogP contribution in [0.5, 0.6) is 0 Å². The normalized spacial score (nSPS) is 34.5. The molecule has 1 fully saturated rings. The maximum atomic E-state index is 12.0. The van der Waals surface area contributed by atoms with Crippen LogP contribution in [0.25, 0.3) is 0 Å². The highest BCUT2D eigenvalue weighted by Crippen LogP contribution is 2.30. The van der Waals surface area contributed by atoms with Crippen molar-refractivity contribution in [3.63, 3.8) is 0 Å². The molecule has 2 atom stereocenters. The summed E-state index contributed by atoms with van der Waals surface area (Å²) in [5.74, 6) is 0.239. The van der Waals surface area contributed by atoms with E-state index in [9.17, 15) is 13.2 Å². The first-order chi connectivity index (χ1) is 6.37. The number of piperidine rings is 1. The molecule has 2 unspecified atom stereocenters. The lowest BCUT2D eigenvalue weighted by Crippen LogP contribution is -2.42. The Balaban J connectivity index is 2.30. The summed E-state index contributed by atoms with van der Waals surface area (Å²) in [6.45, 7) is 4.08. The van der Waals surface area contributed by atoms with E-state index in [-0.39, 0.29) is 5.92 Å². The summed E-state index contributed by atoms with van der Waals surface area (Å²) in [5, 5.41) is 3.33. The zero-order valence-corrected chi connectivity index (χ0v) is 8.69. The summed E-state index contributed by atoms with van der Waals surface area (Å²) >= 11 is 0. The molecule has 0 aromatic carbocycles. The van der Waals surface area contributed by atoms with Gasteiger partial charge < -0.3 is 5.32 Å². The highest BCUT2D eigenvalue weighted by Gasteiger charge is 2.30. The molecule has 1 N–H and O–H groups in total. The second-order valence-corrected chi connectivity index (χ2v) is 4.46. The third-order valence-corrected chi connectivity index (χ3v) is 2.78. The molecule has 0 amide bonds. The molecular formula is C10H18F3N. The number of alkyl halides is 3. The third-order valence-electron chi connectivity index (χ3n) is 2.78. The Morgan fingerprint density at radius 3 is 2.07 bits per heavy atom. The van der Waals surface area contributed by atoms with E-state index in [1.54, 1.807) is 0 Å². The molecule has 1 nitrogen and oxygen atoms in total. The van der Waals surface area contributed by atoms with Gasteiger partial charge in [0.05, 0.1) is 0 Å². The van der Waals surface area contributed by atoms with E-state index in [0.717, 1.165) is 12.8 Å². The molecule has 0 aromatic heterocycles. The first-order valence-corrected chi connectivity index (χ1v) is 5.19. The molecule has 1 heterocycles. The molecular weight excluding hydrogens is 191 g/mol. The molecule has 4 heteroatoms. The van der Waals surface area contributed by atoms with Gasteiger partial charge in [-0.05, 0) is 39.0 Å². The molecule has 84 valence electrons. The van der Waals surface area contributed by atoms with Crippen molar-refractivity contribution in [1.82, 2.24) is 5.32 Å². The van der Waals surface area contributed by atoms with Crippen molar-refractivity contribution < 1.29 is 13.2 Å². The van der Waals surface area contributed by atoms with E-state index in [1.807, 2.05) is 13.8 Å². The van der Waals surface area contributed by atoms with Gasteiger partial charge in [-0.2, -0.15) is 13.2 Å². The average Bonchev–Trinajstić information content (AvgIpc) is 1.97. The summed E-state index contributed by atoms with van der Waals surface area (Å²) in [7, 11) is 0. The fraction of sp³-hybridized carbons (Fsp3) is 1.00. The second kappa shape index (κ2) is 4.51. The molecule has 0 bridgehead atoms. The number of rotatable bonds is 2. The van der Waals surface area contributed by atoms with Crippen LogP contribution in [-0.4, -0.2) is 18.3 Å². The van der Waals surface area contributed by atoms with Crippen molar-refractivity contribution in [3.05, 3.63) is 0 Å². The number of hydrogen-bond acceptors (Lipinski definition) is 1. The van der Waals surface area contributed by atoms with Crippen molar-refractivity contribution in [2.45, 2.75) is 57.8 Å². The summed E-state index contributed by atoms with van der Waals surface area (Å²) in [6.07, 6.45) is -2.57. The van der Waals surface area contributed by atoms with Crippen LogP contribution in [0.3, 0.4) is 0 Å². The molecule has 14 heavy (non-hydrogen) atoms. The zero-order valence-electron chi connectivity index (χ0n) is 8.69. The minimum atomic E-state index is -3.99. The largest absolute Gasteiger partial charge is 0.389 e. The second-order valence-electron chi connectivity index (χ2n) is 4.46. The Hall–Kier alpha value is -0.250. The van der Waals surface area contributed by atoms with Gasteiger partial charge in [0.1, 0.15) is 0 Å². The van der Waals surface area contributed by atoms with Crippen molar-refractivity contribution in [1.29, 1.82) is 0 Å². The average molecular weight is 209 g/mol. The van der Waals surface area contributed by atoms with Crippen LogP contribution in [0.4, 0.5) is 13.2 Å². The highest BCUT2D eigenvalue weighted by molar-refractivity contribution is 4.80. The summed E-state index contributed by atoms with van der Waals surface area (Å²) in [6, 6.07) is 0.717. The van der Waals surface area contributed by atoms with Crippen molar-refractivity contribution >= 4 is 0 Å². The quantitative estimate of drug-likeness (QED) is 0.736. The van der Waals surface area contributed by atoms with E-state index in [0.29, 0.717) is 18.5 Å². The number of hydrogen-bond donors (Lipinski definition) is 1. The molecule has 0 radical (unpaired) electrons. The minimum absolute atomic E-state index is 0.239. The molecule has 0 aromatic rings. The van der Waals surface area contributed by atoms with Gasteiger partial charge in [0, 0.05) is 18.5 Å². The Morgan fingerprint density at radius 1 is 1.14 bits per heavy atom. The predicted molar refractivity (Wildman–Crippen MR) is 50.1 cm³/mol. The van der Waals surface area contributed by atoms with Crippen LogP contribution in [0.1, 0.15) is 39.5 Å². The maximum Gasteiger partial charge on any atom is 0.389 e. The minimum Gasteiger partial charge on any atom is -0.312 e. The lowest BCUT2D eigenvalue weighted by Gasteiger charge is -2.33. The predicted octanol–water partition coefficient (Wildman–Crippen LogP) is 3.11. The van der Waals surface area contributed by atoms with Crippen molar-refractivity contribution in [2.24, 2.45) is 5.92 Å². The topological polar surface area (TPSA) is 12.0 Å². The van der Waals surface area contributed by atoms with Crippen LogP contribution in [0.2, 0.25) is 0 Å². The van der Waals surface area contributed by atoms with Gasteiger partial charge in [0.15, 0.2) is 0 Å². The fourth-order valence-electron chi connectivity index (χ4n) is 2.32. The van der Waals surface area contributed by atoms with Crippen molar-refractivity contribution in [2.75, 3.05) is 0 Å². The van der Waals surface area contributed by atoms with Crippen molar-refractivity contribution in [3.8, 4) is 0 Å². The van der Waals surface area contributed by atoms with Gasteiger partial charge >= 0.3 is 6.18 Å². The fourth-order valence-corrected chi connectivity index (χ4v) is 2.32. The molecule has 1 aliphatic heterocycles. The summed E-state index contributed by atoms with van der Waals surface area (Å²) in [4.78, 5) is 0. The van der Waals surface area contributed by atoms with Crippen LogP contribution in [0, 0.1) is 5.92 Å². The molecule has 1 rings (SSSR count). The monoisotopic (exact) mass is 209 g/mol. The zero-order chi connectivity index (χ0) is 10.8. The van der Waals surface area contributed by atoms with E-state index in [1.165, 1.54) is 0 Å². The van der Waals surface area contributed by atoms with Gasteiger partial charge in [-0.25, -0.2) is 0 Å². The van der Waals surface area contributed by atoms with Gasteiger partial charge in [-0.3, -0.25) is 0 Å². The summed E-state index contributed by atoms with van der Waals surface area (Å²) < 4.78 is 36.0. The van der Waals surface area contributed by atoms with E-state index in [4.69, 9.17) is 0 Å². The molecule has 0 spiro atoms. The SMILES string of the molecule is CC1CC(CCC(F)(F)F)CC(C)N1. The smallest absolute Gasteiger partial charge is 0.312 e. The lowest BCUT2D eigenvalue weighted by atomic mass is 9.86. The van der Waals surface area contributed by atoms with Crippen LogP contribution >= 0.6 is 0 Å². The van der Waals surface area contributed by atoms with Crippen LogP contribution < -0.4 is 5.32 Å². The standard InChI is InChI=1S/C10H18F3N/c1-7-5-9(6-8(2)14-7)3-4-10(11,12)13/h7-9,14H,3-6H2,1-2H3. The van der Waals surface area contributed by atoms with Crippen LogP contribution in [0.15, 0.2) is 0 Å². The Labute approximate surface area is 83.1 Å². The Bertz CT molecular complexity index is 169. The lowest BCUT2D eigenvalue weighted by molar-refractivity contribution is -0.138. The highest BCUT2D eigenvalue weighted by atomic mass is 19.4. The first kappa shape index (κ1) is 11.8. The Morgan fingerprint density at radius 2 is 1.64 bits per heavy atom. The molecule has 0 aliphatic carbocycles. The van der Waals surface area contributed by atoms with E-state index >= 15 is 0 Å². The van der Waals surface area contributed by atoms with E-state index < -0.39 is 12.6 Å². The summed E-state index contributed by atoms with van der Waals surface area (Å²) in [5.41, 5.74) is 0. The molecule has 1 aliphatic rings. The maximum absolute atomic E-state index is 12.0. The molecule has 0 saturated carbocycles. The van der Waals surface area contributed by atoms with Gasteiger partial charge in [0.2, 0.25) is 0 Å². The number of halogens is 3. The third kappa shape index (κ3) is 4.31. The number of nitrogens with one attached hydrogen (secondary N) is 1. The van der Waals surface area contributed by atoms with E-state index in [2.05, 4.69) is 5.32 Å². The van der Waals surface area contributed by atoms with Gasteiger partial charge in [0.25, 0.3) is 0 Å². The Kier molecular flexibility index (Phi) is 3.81.